The molecule has 4 nitrogen and oxygen atoms in total. The van der Waals surface area contributed by atoms with Gasteiger partial charge in [-0.1, -0.05) is 6.92 Å². The van der Waals surface area contributed by atoms with Gasteiger partial charge in [0, 0.05) is 13.3 Å². The lowest BCUT2D eigenvalue weighted by molar-refractivity contribution is -0.145. The second-order valence-electron chi connectivity index (χ2n) is 2.55. The first-order valence-corrected chi connectivity index (χ1v) is 3.79. The molecule has 0 aliphatic heterocycles. The van der Waals surface area contributed by atoms with E-state index in [0.29, 0.717) is 0 Å². The summed E-state index contributed by atoms with van der Waals surface area (Å²) in [5, 5.41) is 0. The van der Waals surface area contributed by atoms with Crippen LogP contribution in [0.1, 0.15) is 27.2 Å². The third kappa shape index (κ3) is 3.27. The molecule has 0 bridgehead atoms. The van der Waals surface area contributed by atoms with Crippen LogP contribution in [-0.2, 0) is 14.4 Å². The molecule has 0 fully saturated rings. The third-order valence-electron chi connectivity index (χ3n) is 1.36. The third-order valence-corrected chi connectivity index (χ3v) is 1.36. The summed E-state index contributed by atoms with van der Waals surface area (Å²) < 4.78 is 0. The molecular weight excluding hydrogens is 158 g/mol. The number of imide groups is 1. The van der Waals surface area contributed by atoms with Crippen molar-refractivity contribution in [2.45, 2.75) is 27.2 Å². The Hall–Kier alpha value is -1.19. The van der Waals surface area contributed by atoms with E-state index in [9.17, 15) is 14.4 Å². The van der Waals surface area contributed by atoms with Gasteiger partial charge >= 0.3 is 0 Å². The van der Waals surface area contributed by atoms with Crippen LogP contribution in [0.5, 0.6) is 0 Å². The number of ketones is 1. The molecule has 0 radical (unpaired) electrons. The number of carbonyl (C=O) groups is 3. The van der Waals surface area contributed by atoms with Gasteiger partial charge in [-0.3, -0.25) is 19.3 Å². The standard InChI is InChI=1S/C8H13NO3/c1-4-8(12)9(7(3)11)5-6(2)10/h4-5H2,1-3H3. The molecule has 2 amide bonds. The summed E-state index contributed by atoms with van der Waals surface area (Å²) in [6.07, 6.45) is 0.243. The van der Waals surface area contributed by atoms with Gasteiger partial charge in [-0.15, -0.1) is 0 Å². The van der Waals surface area contributed by atoms with E-state index in [1.165, 1.54) is 13.8 Å². The number of hydrogen-bond donors (Lipinski definition) is 0. The fraction of sp³-hybridized carbons (Fsp3) is 0.625. The molecule has 4 heteroatoms. The monoisotopic (exact) mass is 171 g/mol. The highest BCUT2D eigenvalue weighted by Crippen LogP contribution is 1.94. The van der Waals surface area contributed by atoms with Crippen LogP contribution in [0.15, 0.2) is 0 Å². The highest BCUT2D eigenvalue weighted by atomic mass is 16.2. The van der Waals surface area contributed by atoms with Crippen LogP contribution in [0.2, 0.25) is 0 Å². The molecule has 68 valence electrons. The maximum Gasteiger partial charge on any atom is 0.229 e. The summed E-state index contributed by atoms with van der Waals surface area (Å²) in [4.78, 5) is 33.5. The van der Waals surface area contributed by atoms with Crippen molar-refractivity contribution in [2.24, 2.45) is 0 Å². The number of nitrogens with zero attached hydrogens (tertiary/aromatic N) is 1. The topological polar surface area (TPSA) is 54.5 Å². The second kappa shape index (κ2) is 4.64. The predicted octanol–water partition coefficient (Wildman–Crippen LogP) is 0.360. The zero-order valence-corrected chi connectivity index (χ0v) is 7.59. The van der Waals surface area contributed by atoms with E-state index in [1.54, 1.807) is 6.92 Å². The molecule has 12 heavy (non-hydrogen) atoms. The summed E-state index contributed by atoms with van der Waals surface area (Å²) in [7, 11) is 0. The summed E-state index contributed by atoms with van der Waals surface area (Å²) >= 11 is 0. The Labute approximate surface area is 71.5 Å². The van der Waals surface area contributed by atoms with Crippen LogP contribution in [0, 0.1) is 0 Å². The van der Waals surface area contributed by atoms with Gasteiger partial charge in [0.25, 0.3) is 0 Å². The molecular formula is C8H13NO3. The Morgan fingerprint density at radius 3 is 1.92 bits per heavy atom. The SMILES string of the molecule is CCC(=O)N(CC(C)=O)C(C)=O. The van der Waals surface area contributed by atoms with Crippen LogP contribution in [-0.4, -0.2) is 29.0 Å². The first-order valence-electron chi connectivity index (χ1n) is 3.79. The van der Waals surface area contributed by atoms with Gasteiger partial charge in [0.15, 0.2) is 0 Å². The van der Waals surface area contributed by atoms with Crippen molar-refractivity contribution in [2.75, 3.05) is 6.54 Å². The van der Waals surface area contributed by atoms with E-state index in [-0.39, 0.29) is 30.6 Å². The predicted molar refractivity (Wildman–Crippen MR) is 43.4 cm³/mol. The molecule has 0 atom stereocenters. The quantitative estimate of drug-likeness (QED) is 0.616. The van der Waals surface area contributed by atoms with E-state index in [1.807, 2.05) is 0 Å². The highest BCUT2D eigenvalue weighted by molar-refractivity contribution is 5.97. The number of hydrogen-bond acceptors (Lipinski definition) is 3. The average Bonchev–Trinajstić information content (AvgIpc) is 1.98. The summed E-state index contributed by atoms with van der Waals surface area (Å²) in [5.41, 5.74) is 0. The van der Waals surface area contributed by atoms with Crippen molar-refractivity contribution in [1.82, 2.24) is 4.90 Å². The van der Waals surface area contributed by atoms with Gasteiger partial charge in [-0.05, 0) is 6.92 Å². The Bertz CT molecular complexity index is 210. The minimum Gasteiger partial charge on any atom is -0.298 e. The normalized spacial score (nSPS) is 9.25. The number of rotatable bonds is 3. The molecule has 0 spiro atoms. The first kappa shape index (κ1) is 10.8. The number of Topliss-reactive ketones (excluding diaryl/α,β-unsaturated/α-hetero) is 1. The molecule has 0 saturated carbocycles. The molecule has 0 aromatic heterocycles. The fourth-order valence-corrected chi connectivity index (χ4v) is 0.789. The summed E-state index contributed by atoms with van der Waals surface area (Å²) in [5.74, 6) is -0.873. The van der Waals surface area contributed by atoms with Gasteiger partial charge in [0.05, 0.1) is 6.54 Å². The molecule has 0 unspecified atom stereocenters. The molecule has 0 rings (SSSR count). The van der Waals surface area contributed by atoms with E-state index in [2.05, 4.69) is 0 Å². The lowest BCUT2D eigenvalue weighted by atomic mass is 10.3. The summed E-state index contributed by atoms with van der Waals surface area (Å²) in [6.45, 7) is 4.16. The molecule has 0 saturated heterocycles. The lowest BCUT2D eigenvalue weighted by Crippen LogP contribution is -2.38. The van der Waals surface area contributed by atoms with Crippen LogP contribution in [0.3, 0.4) is 0 Å². The minimum absolute atomic E-state index is 0.109. The molecule has 0 aliphatic carbocycles. The molecule has 0 aliphatic rings. The molecule has 0 aromatic carbocycles. The van der Waals surface area contributed by atoms with Crippen molar-refractivity contribution >= 4 is 17.6 Å². The number of carbonyl (C=O) groups excluding carboxylic acids is 3. The largest absolute Gasteiger partial charge is 0.298 e. The molecule has 0 heterocycles. The van der Waals surface area contributed by atoms with Crippen molar-refractivity contribution in [3.8, 4) is 0 Å². The van der Waals surface area contributed by atoms with Crippen molar-refractivity contribution in [3.05, 3.63) is 0 Å². The summed E-state index contributed by atoms with van der Waals surface area (Å²) in [6, 6.07) is 0. The van der Waals surface area contributed by atoms with E-state index < -0.39 is 0 Å². The van der Waals surface area contributed by atoms with Gasteiger partial charge < -0.3 is 0 Å². The van der Waals surface area contributed by atoms with Gasteiger partial charge in [0.2, 0.25) is 11.8 Å². The fourth-order valence-electron chi connectivity index (χ4n) is 0.789. The molecule has 0 N–H and O–H groups in total. The maximum absolute atomic E-state index is 11.0. The van der Waals surface area contributed by atoms with Crippen LogP contribution >= 0.6 is 0 Å². The molecule has 0 aromatic rings. The highest BCUT2D eigenvalue weighted by Gasteiger charge is 2.16. The van der Waals surface area contributed by atoms with Gasteiger partial charge in [0.1, 0.15) is 5.78 Å². The van der Waals surface area contributed by atoms with Crippen LogP contribution in [0.4, 0.5) is 0 Å². The van der Waals surface area contributed by atoms with Crippen molar-refractivity contribution in [1.29, 1.82) is 0 Å². The van der Waals surface area contributed by atoms with Gasteiger partial charge in [-0.25, -0.2) is 0 Å². The van der Waals surface area contributed by atoms with Crippen LogP contribution in [0.25, 0.3) is 0 Å². The zero-order chi connectivity index (χ0) is 9.72. The van der Waals surface area contributed by atoms with E-state index in [4.69, 9.17) is 0 Å². The van der Waals surface area contributed by atoms with Gasteiger partial charge in [-0.2, -0.15) is 0 Å². The minimum atomic E-state index is -0.378. The maximum atomic E-state index is 11.0. The Balaban J connectivity index is 4.33. The Kier molecular flexibility index (Phi) is 4.18. The average molecular weight is 171 g/mol. The second-order valence-corrected chi connectivity index (χ2v) is 2.55. The smallest absolute Gasteiger partial charge is 0.229 e. The lowest BCUT2D eigenvalue weighted by Gasteiger charge is -2.15. The Morgan fingerprint density at radius 2 is 1.67 bits per heavy atom. The van der Waals surface area contributed by atoms with Crippen molar-refractivity contribution in [3.63, 3.8) is 0 Å². The van der Waals surface area contributed by atoms with Crippen LogP contribution < -0.4 is 0 Å². The van der Waals surface area contributed by atoms with E-state index >= 15 is 0 Å². The zero-order valence-electron chi connectivity index (χ0n) is 7.59. The Morgan fingerprint density at radius 1 is 1.17 bits per heavy atom. The first-order chi connectivity index (χ1) is 5.49. The van der Waals surface area contributed by atoms with Crippen molar-refractivity contribution < 1.29 is 14.4 Å². The number of amides is 2. The van der Waals surface area contributed by atoms with E-state index in [0.717, 1.165) is 4.90 Å².